The molecule has 0 bridgehead atoms. The molecule has 1 aromatic rings. The quantitative estimate of drug-likeness (QED) is 0.739. The van der Waals surface area contributed by atoms with E-state index in [1.165, 1.54) is 12.1 Å². The summed E-state index contributed by atoms with van der Waals surface area (Å²) in [5.41, 5.74) is 6.12. The molecular formula is C11H16ClN3O3S. The second kappa shape index (κ2) is 5.66. The molecule has 1 aromatic carbocycles. The number of aryl methyl sites for hydroxylation is 1. The number of sulfonamides is 1. The topological polar surface area (TPSA) is 101 Å². The maximum absolute atomic E-state index is 12.0. The molecule has 0 aliphatic rings. The lowest BCUT2D eigenvalue weighted by molar-refractivity contribution is 0.243. The van der Waals surface area contributed by atoms with Crippen molar-refractivity contribution in [3.05, 3.63) is 22.7 Å². The van der Waals surface area contributed by atoms with Crippen molar-refractivity contribution in [1.29, 1.82) is 0 Å². The number of halogens is 1. The van der Waals surface area contributed by atoms with E-state index in [2.05, 4.69) is 5.32 Å². The van der Waals surface area contributed by atoms with E-state index in [0.717, 1.165) is 0 Å². The Bertz CT molecular complexity index is 599. The molecule has 0 heterocycles. The molecule has 106 valence electrons. The molecule has 0 saturated heterocycles. The van der Waals surface area contributed by atoms with Crippen LogP contribution in [-0.4, -0.2) is 20.5 Å². The van der Waals surface area contributed by atoms with Crippen LogP contribution in [0.2, 0.25) is 5.02 Å². The number of urea groups is 1. The van der Waals surface area contributed by atoms with Crippen molar-refractivity contribution in [3.63, 3.8) is 0 Å². The van der Waals surface area contributed by atoms with E-state index in [4.69, 9.17) is 17.3 Å². The van der Waals surface area contributed by atoms with E-state index in [-0.39, 0.29) is 21.6 Å². The molecule has 8 heteroatoms. The van der Waals surface area contributed by atoms with Gasteiger partial charge < -0.3 is 11.1 Å². The molecule has 1 rings (SSSR count). The zero-order valence-corrected chi connectivity index (χ0v) is 12.4. The van der Waals surface area contributed by atoms with Gasteiger partial charge in [0.2, 0.25) is 0 Å². The van der Waals surface area contributed by atoms with Crippen molar-refractivity contribution in [2.75, 3.05) is 5.73 Å². The van der Waals surface area contributed by atoms with Crippen molar-refractivity contribution in [1.82, 2.24) is 10.0 Å². The van der Waals surface area contributed by atoms with Crippen molar-refractivity contribution in [2.45, 2.75) is 31.7 Å². The molecule has 4 N–H and O–H groups in total. The van der Waals surface area contributed by atoms with Crippen LogP contribution in [0.25, 0.3) is 0 Å². The fourth-order valence-corrected chi connectivity index (χ4v) is 2.82. The number of nitrogens with one attached hydrogen (secondary N) is 2. The molecule has 0 radical (unpaired) electrons. The number of nitrogens with two attached hydrogens (primary N) is 1. The number of hydrogen-bond donors (Lipinski definition) is 3. The fourth-order valence-electron chi connectivity index (χ4n) is 1.43. The number of benzene rings is 1. The van der Waals surface area contributed by atoms with Gasteiger partial charge in [0, 0.05) is 6.04 Å². The number of amides is 2. The lowest BCUT2D eigenvalue weighted by Crippen LogP contribution is -2.42. The number of carbonyl (C=O) groups excluding carboxylic acids is 1. The smallest absolute Gasteiger partial charge is 0.328 e. The van der Waals surface area contributed by atoms with Gasteiger partial charge in [0.05, 0.1) is 15.6 Å². The van der Waals surface area contributed by atoms with Crippen molar-refractivity contribution < 1.29 is 13.2 Å². The minimum Gasteiger partial charge on any atom is -0.397 e. The summed E-state index contributed by atoms with van der Waals surface area (Å²) in [6, 6.07) is 1.70. The lowest BCUT2D eigenvalue weighted by atomic mass is 10.2. The average Bonchev–Trinajstić information content (AvgIpc) is 2.20. The molecule has 0 saturated carbocycles. The van der Waals surface area contributed by atoms with E-state index in [0.29, 0.717) is 5.56 Å². The summed E-state index contributed by atoms with van der Waals surface area (Å²) in [5.74, 6) is 0. The Morgan fingerprint density at radius 3 is 2.47 bits per heavy atom. The number of anilines is 1. The van der Waals surface area contributed by atoms with Crippen molar-refractivity contribution in [2.24, 2.45) is 0 Å². The van der Waals surface area contributed by atoms with Gasteiger partial charge in [0.25, 0.3) is 10.0 Å². The third kappa shape index (κ3) is 4.00. The van der Waals surface area contributed by atoms with Crippen LogP contribution >= 0.6 is 11.6 Å². The van der Waals surface area contributed by atoms with Gasteiger partial charge in [-0.15, -0.1) is 0 Å². The lowest BCUT2D eigenvalue weighted by Gasteiger charge is -2.13. The van der Waals surface area contributed by atoms with Crippen LogP contribution in [-0.2, 0) is 10.0 Å². The Morgan fingerprint density at radius 2 is 1.95 bits per heavy atom. The van der Waals surface area contributed by atoms with Gasteiger partial charge >= 0.3 is 6.03 Å². The fraction of sp³-hybridized carbons (Fsp3) is 0.364. The highest BCUT2D eigenvalue weighted by Gasteiger charge is 2.21. The van der Waals surface area contributed by atoms with E-state index in [1.54, 1.807) is 20.8 Å². The first kappa shape index (κ1) is 15.6. The van der Waals surface area contributed by atoms with Crippen LogP contribution in [0.5, 0.6) is 0 Å². The number of carbonyl (C=O) groups is 1. The van der Waals surface area contributed by atoms with E-state index < -0.39 is 16.1 Å². The second-order valence-corrected chi connectivity index (χ2v) is 6.43. The first-order valence-electron chi connectivity index (χ1n) is 5.52. The third-order valence-electron chi connectivity index (χ3n) is 2.23. The normalized spacial score (nSPS) is 11.4. The molecule has 0 aromatic heterocycles. The molecule has 2 amide bonds. The molecule has 0 atom stereocenters. The van der Waals surface area contributed by atoms with E-state index in [9.17, 15) is 13.2 Å². The Hall–Kier alpha value is -1.47. The van der Waals surface area contributed by atoms with Crippen LogP contribution < -0.4 is 15.8 Å². The highest BCUT2D eigenvalue weighted by Crippen LogP contribution is 2.25. The maximum atomic E-state index is 12.0. The standard InChI is InChI=1S/C11H16ClN3O3S/c1-6(2)14-11(16)15-19(17,18)10-5-9(13)8(12)4-7(10)3/h4-6H,13H2,1-3H3,(H2,14,15,16). The minimum absolute atomic E-state index is 0.0756. The molecule has 0 unspecified atom stereocenters. The number of hydrogen-bond acceptors (Lipinski definition) is 4. The SMILES string of the molecule is Cc1cc(Cl)c(N)cc1S(=O)(=O)NC(=O)NC(C)C. The monoisotopic (exact) mass is 305 g/mol. The van der Waals surface area contributed by atoms with Crippen LogP contribution in [0.4, 0.5) is 10.5 Å². The maximum Gasteiger partial charge on any atom is 0.328 e. The third-order valence-corrected chi connectivity index (χ3v) is 4.03. The first-order chi connectivity index (χ1) is 8.63. The van der Waals surface area contributed by atoms with Gasteiger partial charge in [-0.05, 0) is 38.5 Å². The Labute approximate surface area is 117 Å². The highest BCUT2D eigenvalue weighted by molar-refractivity contribution is 7.90. The number of nitrogen functional groups attached to an aromatic ring is 1. The molecule has 0 spiro atoms. The predicted octanol–water partition coefficient (Wildman–Crippen LogP) is 1.63. The van der Waals surface area contributed by atoms with Crippen LogP contribution in [0.3, 0.4) is 0 Å². The summed E-state index contributed by atoms with van der Waals surface area (Å²) in [4.78, 5) is 11.4. The van der Waals surface area contributed by atoms with Crippen LogP contribution in [0, 0.1) is 6.92 Å². The largest absolute Gasteiger partial charge is 0.397 e. The van der Waals surface area contributed by atoms with Crippen molar-refractivity contribution in [3.8, 4) is 0 Å². The highest BCUT2D eigenvalue weighted by atomic mass is 35.5. The summed E-state index contributed by atoms with van der Waals surface area (Å²) in [7, 11) is -3.98. The molecule has 0 aliphatic carbocycles. The Kier molecular flexibility index (Phi) is 4.65. The van der Waals surface area contributed by atoms with Crippen LogP contribution in [0.15, 0.2) is 17.0 Å². The molecular weight excluding hydrogens is 290 g/mol. The zero-order chi connectivity index (χ0) is 14.8. The number of rotatable bonds is 3. The summed E-state index contributed by atoms with van der Waals surface area (Å²) in [5, 5.41) is 2.69. The molecule has 6 nitrogen and oxygen atoms in total. The van der Waals surface area contributed by atoms with Gasteiger partial charge in [-0.25, -0.2) is 17.9 Å². The van der Waals surface area contributed by atoms with Gasteiger partial charge in [-0.3, -0.25) is 0 Å². The second-order valence-electron chi connectivity index (χ2n) is 4.37. The van der Waals surface area contributed by atoms with Gasteiger partial charge in [0.15, 0.2) is 0 Å². The van der Waals surface area contributed by atoms with Crippen molar-refractivity contribution >= 4 is 33.3 Å². The van der Waals surface area contributed by atoms with E-state index in [1.807, 2.05) is 4.72 Å². The van der Waals surface area contributed by atoms with Gasteiger partial charge in [-0.2, -0.15) is 0 Å². The Balaban J connectivity index is 3.08. The van der Waals surface area contributed by atoms with Gasteiger partial charge in [0.1, 0.15) is 0 Å². The van der Waals surface area contributed by atoms with E-state index >= 15 is 0 Å². The molecule has 19 heavy (non-hydrogen) atoms. The summed E-state index contributed by atoms with van der Waals surface area (Å²) in [6.45, 7) is 5.01. The van der Waals surface area contributed by atoms with Crippen LogP contribution in [0.1, 0.15) is 19.4 Å². The molecule has 0 aliphatic heterocycles. The predicted molar refractivity (Wildman–Crippen MR) is 74.6 cm³/mol. The molecule has 0 fully saturated rings. The van der Waals surface area contributed by atoms with Gasteiger partial charge in [-0.1, -0.05) is 11.6 Å². The summed E-state index contributed by atoms with van der Waals surface area (Å²) < 4.78 is 26.0. The summed E-state index contributed by atoms with van der Waals surface area (Å²) in [6.07, 6.45) is 0. The minimum atomic E-state index is -3.98. The zero-order valence-electron chi connectivity index (χ0n) is 10.8. The summed E-state index contributed by atoms with van der Waals surface area (Å²) >= 11 is 5.79. The Morgan fingerprint density at radius 1 is 1.37 bits per heavy atom. The first-order valence-corrected chi connectivity index (χ1v) is 7.38. The average molecular weight is 306 g/mol.